The molecule has 0 spiro atoms. The molecule has 0 rings (SSSR count). The molecule has 0 bridgehead atoms. The van der Waals surface area contributed by atoms with E-state index in [9.17, 15) is 0 Å². The summed E-state index contributed by atoms with van der Waals surface area (Å²) in [5.74, 6) is 0. The minimum atomic E-state index is 0.628. The van der Waals surface area contributed by atoms with Gasteiger partial charge in [0.25, 0.3) is 0 Å². The van der Waals surface area contributed by atoms with Crippen LogP contribution in [0, 0.1) is 0 Å². The fourth-order valence-corrected chi connectivity index (χ4v) is 1.36. The Morgan fingerprint density at radius 3 is 1.07 bits per heavy atom. The van der Waals surface area contributed by atoms with Crippen LogP contribution in [0.3, 0.4) is 0 Å². The molecule has 0 aromatic heterocycles. The van der Waals surface area contributed by atoms with Gasteiger partial charge in [-0.1, -0.05) is 27.7 Å². The molecule has 0 N–H and O–H groups in total. The Bertz CT molecular complexity index is 97.6. The molecule has 0 aliphatic rings. The Balaban J connectivity index is 0. The maximum atomic E-state index is 2.47. The van der Waals surface area contributed by atoms with Crippen molar-refractivity contribution in [3.05, 3.63) is 0 Å². The van der Waals surface area contributed by atoms with Gasteiger partial charge in [-0.25, -0.2) is 0 Å². The fourth-order valence-electron chi connectivity index (χ4n) is 1.36. The van der Waals surface area contributed by atoms with Gasteiger partial charge in [-0.2, -0.15) is 0 Å². The molecule has 0 unspecified atom stereocenters. The van der Waals surface area contributed by atoms with Crippen LogP contribution in [0.25, 0.3) is 0 Å². The first-order valence-electron chi connectivity index (χ1n) is 5.56. The van der Waals surface area contributed by atoms with Crippen LogP contribution >= 0.6 is 40.0 Å². The Kier molecular flexibility index (Phi) is 20.5. The van der Waals surface area contributed by atoms with E-state index in [2.05, 4.69) is 77.5 Å². The Hall–Kier alpha value is 1.96. The molecule has 0 aliphatic carbocycles. The molecule has 15 heavy (non-hydrogen) atoms. The Labute approximate surface area is 125 Å². The summed E-state index contributed by atoms with van der Waals surface area (Å²) >= 11 is 4.74. The van der Waals surface area contributed by atoms with Crippen molar-refractivity contribution in [3.8, 4) is 0 Å². The summed E-state index contributed by atoms with van der Waals surface area (Å²) in [6.07, 6.45) is 0. The van der Waals surface area contributed by atoms with E-state index in [-0.39, 0.29) is 0 Å². The first kappa shape index (κ1) is 19.3. The maximum absolute atomic E-state index is 2.47. The Morgan fingerprint density at radius 2 is 0.933 bits per heavy atom. The quantitative estimate of drug-likeness (QED) is 0.519. The second-order valence-corrected chi connectivity index (χ2v) is 14.9. The van der Waals surface area contributed by atoms with Crippen LogP contribution in [0.5, 0.6) is 0 Å². The molecule has 93 valence electrons. The first-order valence-corrected chi connectivity index (χ1v) is 14.6. The number of nitrogens with zero attached hydrogens (tertiary/aromatic N) is 2. The fraction of sp³-hybridized carbons (Fsp3) is 1.00. The molecule has 0 aromatic rings. The van der Waals surface area contributed by atoms with Gasteiger partial charge in [-0.05, 0) is 26.2 Å². The van der Waals surface area contributed by atoms with Gasteiger partial charge in [0.05, 0.1) is 0 Å². The van der Waals surface area contributed by atoms with Crippen LogP contribution in [-0.4, -0.2) is 49.1 Å². The zero-order chi connectivity index (χ0) is 12.1. The van der Waals surface area contributed by atoms with Crippen LogP contribution in [0.2, 0.25) is 0 Å². The van der Waals surface area contributed by atoms with Crippen molar-refractivity contribution in [2.75, 3.05) is 39.3 Å². The van der Waals surface area contributed by atoms with Crippen molar-refractivity contribution in [3.63, 3.8) is 0 Å². The molecule has 0 atom stereocenters. The number of hydrogen-bond donors (Lipinski definition) is 0. The van der Waals surface area contributed by atoms with Crippen molar-refractivity contribution in [2.24, 2.45) is 0 Å². The van der Waals surface area contributed by atoms with E-state index in [1.807, 2.05) is 0 Å². The predicted molar refractivity (Wildman–Crippen MR) is 83.6 cm³/mol. The standard InChI is InChI=1S/C10H24N2.2HI.V/c1-5-11(6-2)9-10-12(7-3)8-4;;;/h5-10H2,1-4H3;2*1H;/q;;;+2/p-2. The van der Waals surface area contributed by atoms with Gasteiger partial charge in [-0.3, -0.25) is 0 Å². The average molecular weight is 477 g/mol. The van der Waals surface area contributed by atoms with Gasteiger partial charge < -0.3 is 9.80 Å². The van der Waals surface area contributed by atoms with Crippen LogP contribution in [0.15, 0.2) is 0 Å². The van der Waals surface area contributed by atoms with E-state index < -0.39 is 0 Å². The molecule has 2 nitrogen and oxygen atoms in total. The molecule has 0 amide bonds. The van der Waals surface area contributed by atoms with E-state index in [0.717, 1.165) is 0 Å². The molecule has 0 fully saturated rings. The van der Waals surface area contributed by atoms with Gasteiger partial charge in [0, 0.05) is 13.1 Å². The number of rotatable bonds is 7. The zero-order valence-corrected chi connectivity index (χ0v) is 16.1. The number of likely N-dealkylation sites (N-methyl/N-ethyl adjacent to an activating group) is 2. The third kappa shape index (κ3) is 13.9. The van der Waals surface area contributed by atoms with E-state index >= 15 is 0 Å². The first-order chi connectivity index (χ1) is 7.19. The van der Waals surface area contributed by atoms with Gasteiger partial charge in [0.2, 0.25) is 0 Å². The van der Waals surface area contributed by atoms with Gasteiger partial charge >= 0.3 is 49.4 Å². The average Bonchev–Trinajstić information content (AvgIpc) is 2.26. The summed E-state index contributed by atoms with van der Waals surface area (Å²) in [5.41, 5.74) is 0. The molecule has 0 aliphatic heterocycles. The second kappa shape index (κ2) is 16.0. The van der Waals surface area contributed by atoms with Crippen LogP contribution in [-0.2, 0) is 9.47 Å². The predicted octanol–water partition coefficient (Wildman–Crippen LogP) is 3.44. The van der Waals surface area contributed by atoms with Crippen molar-refractivity contribution >= 4 is 40.0 Å². The van der Waals surface area contributed by atoms with E-state index in [4.69, 9.17) is 0 Å². The topological polar surface area (TPSA) is 6.48 Å². The van der Waals surface area contributed by atoms with E-state index in [1.165, 1.54) is 39.3 Å². The number of halogens is 2. The summed E-state index contributed by atoms with van der Waals surface area (Å²) in [4.78, 5) is 4.94. The molecular weight excluding hydrogens is 453 g/mol. The molecular formula is C10H24I2N2V. The summed E-state index contributed by atoms with van der Waals surface area (Å²) < 4.78 is 0. The summed E-state index contributed by atoms with van der Waals surface area (Å²) in [5, 5.41) is 0. The van der Waals surface area contributed by atoms with Crippen molar-refractivity contribution < 1.29 is 9.47 Å². The summed E-state index contributed by atoms with van der Waals surface area (Å²) in [7, 11) is 0.628. The molecule has 5 heteroatoms. The van der Waals surface area contributed by atoms with Gasteiger partial charge in [-0.15, -0.1) is 0 Å². The second-order valence-electron chi connectivity index (χ2n) is 3.12. The zero-order valence-electron chi connectivity index (χ0n) is 10.3. The minimum absolute atomic E-state index is 0.628. The Morgan fingerprint density at radius 1 is 0.733 bits per heavy atom. The normalized spacial score (nSPS) is 10.1. The van der Waals surface area contributed by atoms with Gasteiger partial charge in [0.1, 0.15) is 0 Å². The molecule has 0 saturated heterocycles. The SMILES string of the molecule is CCN(CC)CCN(CC)CC.[I][V][I]. The summed E-state index contributed by atoms with van der Waals surface area (Å²) in [6.45, 7) is 16.1. The monoisotopic (exact) mass is 477 g/mol. The molecule has 0 heterocycles. The molecule has 0 saturated carbocycles. The van der Waals surface area contributed by atoms with Crippen LogP contribution in [0.4, 0.5) is 0 Å². The van der Waals surface area contributed by atoms with Crippen molar-refractivity contribution in [1.29, 1.82) is 0 Å². The van der Waals surface area contributed by atoms with Crippen molar-refractivity contribution in [1.82, 2.24) is 9.80 Å². The van der Waals surface area contributed by atoms with Gasteiger partial charge in [0.15, 0.2) is 0 Å². The summed E-state index contributed by atoms with van der Waals surface area (Å²) in [6, 6.07) is 0. The number of hydrogen-bond acceptors (Lipinski definition) is 2. The van der Waals surface area contributed by atoms with Crippen LogP contribution in [0.1, 0.15) is 27.7 Å². The van der Waals surface area contributed by atoms with Crippen LogP contribution < -0.4 is 0 Å². The molecule has 0 aromatic carbocycles. The molecule has 0 radical (unpaired) electrons. The van der Waals surface area contributed by atoms with E-state index in [0.29, 0.717) is 9.47 Å². The third-order valence-electron chi connectivity index (χ3n) is 2.52. The van der Waals surface area contributed by atoms with Crippen molar-refractivity contribution in [2.45, 2.75) is 27.7 Å². The third-order valence-corrected chi connectivity index (χ3v) is 2.52. The van der Waals surface area contributed by atoms with E-state index in [1.54, 1.807) is 0 Å².